The Morgan fingerprint density at radius 3 is 2.12 bits per heavy atom. The highest BCUT2D eigenvalue weighted by atomic mass is 16.5. The SMILES string of the molecule is COc1cc(C)c(CCN(C)C)cc1OC. The highest BCUT2D eigenvalue weighted by Crippen LogP contribution is 2.30. The average Bonchev–Trinajstić information content (AvgIpc) is 2.26. The number of benzene rings is 1. The van der Waals surface area contributed by atoms with E-state index in [1.807, 2.05) is 6.07 Å². The van der Waals surface area contributed by atoms with E-state index in [1.165, 1.54) is 11.1 Å². The summed E-state index contributed by atoms with van der Waals surface area (Å²) in [6.45, 7) is 3.14. The van der Waals surface area contributed by atoms with Gasteiger partial charge in [-0.25, -0.2) is 0 Å². The number of aryl methyl sites for hydroxylation is 1. The standard InChI is InChI=1S/C13H21NO2/c1-10-8-12(15-4)13(16-5)9-11(10)6-7-14(2)3/h8-9H,6-7H2,1-5H3. The van der Waals surface area contributed by atoms with Crippen molar-refractivity contribution in [2.45, 2.75) is 13.3 Å². The van der Waals surface area contributed by atoms with Crippen molar-refractivity contribution in [1.82, 2.24) is 4.90 Å². The second-order valence-corrected chi connectivity index (χ2v) is 4.19. The van der Waals surface area contributed by atoms with Crippen LogP contribution in [0, 0.1) is 6.92 Å². The van der Waals surface area contributed by atoms with Gasteiger partial charge >= 0.3 is 0 Å². The van der Waals surface area contributed by atoms with E-state index in [-0.39, 0.29) is 0 Å². The molecule has 16 heavy (non-hydrogen) atoms. The van der Waals surface area contributed by atoms with E-state index in [0.717, 1.165) is 24.5 Å². The Hall–Kier alpha value is -1.22. The summed E-state index contributed by atoms with van der Waals surface area (Å²) in [5, 5.41) is 0. The Kier molecular flexibility index (Phi) is 4.62. The van der Waals surface area contributed by atoms with Crippen molar-refractivity contribution in [3.8, 4) is 11.5 Å². The quantitative estimate of drug-likeness (QED) is 0.763. The molecule has 0 aliphatic rings. The lowest BCUT2D eigenvalue weighted by molar-refractivity contribution is 0.353. The molecule has 0 saturated heterocycles. The second kappa shape index (κ2) is 5.75. The third-order valence-corrected chi connectivity index (χ3v) is 2.67. The molecule has 1 aromatic rings. The van der Waals surface area contributed by atoms with Crippen LogP contribution in [0.15, 0.2) is 12.1 Å². The zero-order chi connectivity index (χ0) is 12.1. The number of hydrogen-bond acceptors (Lipinski definition) is 3. The molecule has 0 unspecified atom stereocenters. The largest absolute Gasteiger partial charge is 0.493 e. The number of methoxy groups -OCH3 is 2. The highest BCUT2D eigenvalue weighted by molar-refractivity contribution is 5.47. The Balaban J connectivity index is 2.92. The second-order valence-electron chi connectivity index (χ2n) is 4.19. The van der Waals surface area contributed by atoms with E-state index in [1.54, 1.807) is 14.2 Å². The summed E-state index contributed by atoms with van der Waals surface area (Å²) in [5.74, 6) is 1.61. The molecule has 0 spiro atoms. The number of likely N-dealkylation sites (N-methyl/N-ethyl adjacent to an activating group) is 1. The van der Waals surface area contributed by atoms with Gasteiger partial charge in [-0.2, -0.15) is 0 Å². The monoisotopic (exact) mass is 223 g/mol. The molecule has 1 rings (SSSR count). The van der Waals surface area contributed by atoms with Crippen molar-refractivity contribution < 1.29 is 9.47 Å². The minimum Gasteiger partial charge on any atom is -0.493 e. The van der Waals surface area contributed by atoms with Crippen molar-refractivity contribution in [3.63, 3.8) is 0 Å². The van der Waals surface area contributed by atoms with Gasteiger partial charge in [0.05, 0.1) is 14.2 Å². The van der Waals surface area contributed by atoms with Gasteiger partial charge in [-0.1, -0.05) is 0 Å². The third kappa shape index (κ3) is 3.14. The summed E-state index contributed by atoms with van der Waals surface area (Å²) in [5.41, 5.74) is 2.56. The maximum atomic E-state index is 5.30. The van der Waals surface area contributed by atoms with Crippen LogP contribution in [0.4, 0.5) is 0 Å². The van der Waals surface area contributed by atoms with Gasteiger partial charge < -0.3 is 14.4 Å². The van der Waals surface area contributed by atoms with Crippen molar-refractivity contribution in [3.05, 3.63) is 23.3 Å². The summed E-state index contributed by atoms with van der Waals surface area (Å²) in [7, 11) is 7.49. The molecule has 0 heterocycles. The van der Waals surface area contributed by atoms with Crippen LogP contribution in [-0.4, -0.2) is 39.8 Å². The first-order valence-corrected chi connectivity index (χ1v) is 5.44. The molecule has 0 fully saturated rings. The minimum atomic E-state index is 0.800. The molecule has 0 bridgehead atoms. The number of hydrogen-bond donors (Lipinski definition) is 0. The van der Waals surface area contributed by atoms with Crippen LogP contribution in [0.3, 0.4) is 0 Å². The summed E-state index contributed by atoms with van der Waals surface area (Å²) >= 11 is 0. The van der Waals surface area contributed by atoms with Gasteiger partial charge in [0, 0.05) is 6.54 Å². The van der Waals surface area contributed by atoms with E-state index in [4.69, 9.17) is 9.47 Å². The predicted octanol–water partition coefficient (Wildman–Crippen LogP) is 2.12. The summed E-state index contributed by atoms with van der Waals surface area (Å²) in [4.78, 5) is 2.18. The first kappa shape index (κ1) is 12.8. The lowest BCUT2D eigenvalue weighted by Crippen LogP contribution is -2.15. The van der Waals surface area contributed by atoms with Gasteiger partial charge in [-0.15, -0.1) is 0 Å². The van der Waals surface area contributed by atoms with Crippen LogP contribution in [0.25, 0.3) is 0 Å². The first-order valence-electron chi connectivity index (χ1n) is 5.44. The summed E-state index contributed by atoms with van der Waals surface area (Å²) in [6, 6.07) is 4.10. The molecule has 0 N–H and O–H groups in total. The van der Waals surface area contributed by atoms with E-state index >= 15 is 0 Å². The molecule has 3 heteroatoms. The van der Waals surface area contributed by atoms with Crippen molar-refractivity contribution in [1.29, 1.82) is 0 Å². The lowest BCUT2D eigenvalue weighted by Gasteiger charge is -2.14. The Morgan fingerprint density at radius 1 is 1.06 bits per heavy atom. The van der Waals surface area contributed by atoms with Gasteiger partial charge in [-0.3, -0.25) is 0 Å². The lowest BCUT2D eigenvalue weighted by atomic mass is 10.0. The molecule has 90 valence electrons. The third-order valence-electron chi connectivity index (χ3n) is 2.67. The molecule has 0 atom stereocenters. The molecule has 0 radical (unpaired) electrons. The Labute approximate surface area is 98.0 Å². The van der Waals surface area contributed by atoms with Gasteiger partial charge in [0.1, 0.15) is 0 Å². The highest BCUT2D eigenvalue weighted by Gasteiger charge is 2.08. The zero-order valence-electron chi connectivity index (χ0n) is 10.8. The van der Waals surface area contributed by atoms with Crippen LogP contribution >= 0.6 is 0 Å². The van der Waals surface area contributed by atoms with Crippen molar-refractivity contribution in [2.24, 2.45) is 0 Å². The van der Waals surface area contributed by atoms with E-state index in [2.05, 4.69) is 32.0 Å². The van der Waals surface area contributed by atoms with E-state index in [9.17, 15) is 0 Å². The molecule has 1 aromatic carbocycles. The molecule has 0 saturated carbocycles. The molecular formula is C13H21NO2. The molecule has 0 aliphatic carbocycles. The normalized spacial score (nSPS) is 10.6. The summed E-state index contributed by atoms with van der Waals surface area (Å²) < 4.78 is 10.6. The maximum Gasteiger partial charge on any atom is 0.161 e. The van der Waals surface area contributed by atoms with Crippen molar-refractivity contribution in [2.75, 3.05) is 34.9 Å². The average molecular weight is 223 g/mol. The van der Waals surface area contributed by atoms with Gasteiger partial charge in [-0.05, 0) is 50.7 Å². The number of nitrogens with zero attached hydrogens (tertiary/aromatic N) is 1. The molecule has 0 amide bonds. The minimum absolute atomic E-state index is 0.800. The fourth-order valence-electron chi connectivity index (χ4n) is 1.64. The fourth-order valence-corrected chi connectivity index (χ4v) is 1.64. The topological polar surface area (TPSA) is 21.7 Å². The molecule has 3 nitrogen and oxygen atoms in total. The molecule has 0 aliphatic heterocycles. The molecule has 0 aromatic heterocycles. The van der Waals surface area contributed by atoms with Gasteiger partial charge in [0.15, 0.2) is 11.5 Å². The number of ether oxygens (including phenoxy) is 2. The van der Waals surface area contributed by atoms with Crippen LogP contribution in [-0.2, 0) is 6.42 Å². The fraction of sp³-hybridized carbons (Fsp3) is 0.538. The Bertz CT molecular complexity index is 348. The van der Waals surface area contributed by atoms with Crippen molar-refractivity contribution >= 4 is 0 Å². The summed E-state index contributed by atoms with van der Waals surface area (Å²) in [6.07, 6.45) is 1.03. The van der Waals surface area contributed by atoms with E-state index < -0.39 is 0 Å². The smallest absolute Gasteiger partial charge is 0.161 e. The van der Waals surface area contributed by atoms with Crippen LogP contribution < -0.4 is 9.47 Å². The number of rotatable bonds is 5. The van der Waals surface area contributed by atoms with Crippen LogP contribution in [0.5, 0.6) is 11.5 Å². The maximum absolute atomic E-state index is 5.30. The van der Waals surface area contributed by atoms with Gasteiger partial charge in [0.2, 0.25) is 0 Å². The first-order chi connectivity index (χ1) is 7.58. The Morgan fingerprint density at radius 2 is 1.62 bits per heavy atom. The zero-order valence-corrected chi connectivity index (χ0v) is 10.8. The molecular weight excluding hydrogens is 202 g/mol. The van der Waals surface area contributed by atoms with Gasteiger partial charge in [0.25, 0.3) is 0 Å². The van der Waals surface area contributed by atoms with Crippen LogP contribution in [0.2, 0.25) is 0 Å². The predicted molar refractivity (Wildman–Crippen MR) is 66.5 cm³/mol. The van der Waals surface area contributed by atoms with E-state index in [0.29, 0.717) is 0 Å². The van der Waals surface area contributed by atoms with Crippen LogP contribution in [0.1, 0.15) is 11.1 Å².